The Hall–Kier alpha value is -3.16. The maximum atomic E-state index is 14.0. The number of carbonyl (C=O) groups excluding carboxylic acids is 1. The fraction of sp³-hybridized carbons (Fsp3) is 0.367. The number of carbonyl (C=O) groups is 1. The molecule has 3 heterocycles. The Morgan fingerprint density at radius 1 is 0.947 bits per heavy atom. The molecule has 3 aliphatic heterocycles. The van der Waals surface area contributed by atoms with Gasteiger partial charge in [-0.05, 0) is 53.6 Å². The van der Waals surface area contributed by atoms with Gasteiger partial charge < -0.3 is 26.4 Å². The fourth-order valence-corrected chi connectivity index (χ4v) is 5.70. The number of benzene rings is 3. The van der Waals surface area contributed by atoms with E-state index in [0.29, 0.717) is 11.6 Å². The van der Waals surface area contributed by atoms with Gasteiger partial charge in [0.25, 0.3) is 0 Å². The van der Waals surface area contributed by atoms with E-state index in [-0.39, 0.29) is 30.9 Å². The Balaban J connectivity index is 0.00000336. The summed E-state index contributed by atoms with van der Waals surface area (Å²) >= 11 is 0. The standard InChI is InChI=1S/C30H33F2N2O3.ClH/c1-36-28-11-7-22(8-12-28)13-16-34-17-14-24(15-18-34)29(21-34)37-30(35)33(27-4-2-3-26(32)19-27)20-23-5-9-25(31)10-6-23;/h2-12,19,24,29H,13-18,20-21H2,1H3;1H/q+1;/p-1/t24?,29-,34?;/m0./s1. The number of nitrogens with zero attached hydrogens (tertiary/aromatic N) is 2. The van der Waals surface area contributed by atoms with Crippen LogP contribution in [0.15, 0.2) is 72.8 Å². The molecule has 3 fully saturated rings. The second-order valence-corrected chi connectivity index (χ2v) is 10.2. The molecule has 1 amide bonds. The summed E-state index contributed by atoms with van der Waals surface area (Å²) in [5.74, 6) is 0.412. The summed E-state index contributed by atoms with van der Waals surface area (Å²) < 4.78 is 39.8. The molecule has 3 aromatic carbocycles. The van der Waals surface area contributed by atoms with E-state index in [1.165, 1.54) is 34.7 Å². The topological polar surface area (TPSA) is 38.8 Å². The van der Waals surface area contributed by atoms with E-state index >= 15 is 0 Å². The first kappa shape index (κ1) is 27.9. The number of halogens is 3. The molecule has 3 aromatic rings. The number of fused-ring (bicyclic) bond motifs is 3. The predicted molar refractivity (Wildman–Crippen MR) is 138 cm³/mol. The Kier molecular flexibility index (Phi) is 8.90. The normalized spacial score (nSPS) is 21.9. The van der Waals surface area contributed by atoms with Gasteiger partial charge in [-0.25, -0.2) is 13.6 Å². The Labute approximate surface area is 229 Å². The van der Waals surface area contributed by atoms with E-state index in [0.717, 1.165) is 61.2 Å². The fourth-order valence-electron chi connectivity index (χ4n) is 5.70. The maximum absolute atomic E-state index is 14.0. The summed E-state index contributed by atoms with van der Waals surface area (Å²) in [5, 5.41) is 0. The van der Waals surface area contributed by atoms with Gasteiger partial charge in [0, 0.05) is 25.2 Å². The van der Waals surface area contributed by atoms with E-state index in [4.69, 9.17) is 9.47 Å². The number of piperidine rings is 3. The zero-order chi connectivity index (χ0) is 25.8. The van der Waals surface area contributed by atoms with Crippen LogP contribution in [-0.2, 0) is 17.7 Å². The number of methoxy groups -OCH3 is 1. The number of ether oxygens (including phenoxy) is 2. The summed E-state index contributed by atoms with van der Waals surface area (Å²) in [5.41, 5.74) is 2.42. The second kappa shape index (κ2) is 12.1. The quantitative estimate of drug-likeness (QED) is 0.411. The molecule has 3 aliphatic rings. The average Bonchev–Trinajstić information content (AvgIpc) is 2.92. The molecule has 3 saturated heterocycles. The van der Waals surface area contributed by atoms with Crippen molar-refractivity contribution in [2.24, 2.45) is 5.92 Å². The van der Waals surface area contributed by atoms with Crippen LogP contribution in [0.2, 0.25) is 0 Å². The van der Waals surface area contributed by atoms with Crippen molar-refractivity contribution < 1.29 is 39.9 Å². The van der Waals surface area contributed by atoms with Crippen molar-refractivity contribution in [3.8, 4) is 5.75 Å². The van der Waals surface area contributed by atoms with Crippen LogP contribution in [-0.4, -0.2) is 50.0 Å². The molecule has 8 heteroatoms. The molecule has 2 bridgehead atoms. The third-order valence-electron chi connectivity index (χ3n) is 7.92. The Morgan fingerprint density at radius 2 is 1.63 bits per heavy atom. The molecule has 6 rings (SSSR count). The molecule has 202 valence electrons. The van der Waals surface area contributed by atoms with Crippen molar-refractivity contribution in [1.82, 2.24) is 0 Å². The van der Waals surface area contributed by atoms with Gasteiger partial charge >= 0.3 is 6.09 Å². The molecule has 38 heavy (non-hydrogen) atoms. The van der Waals surface area contributed by atoms with Gasteiger partial charge in [-0.2, -0.15) is 0 Å². The van der Waals surface area contributed by atoms with Crippen LogP contribution in [0.5, 0.6) is 5.75 Å². The molecule has 0 saturated carbocycles. The number of anilines is 1. The molecular formula is C30H33ClF2N2O3. The summed E-state index contributed by atoms with van der Waals surface area (Å²) in [6, 6.07) is 20.1. The number of rotatable bonds is 8. The minimum Gasteiger partial charge on any atom is -1.00 e. The Morgan fingerprint density at radius 3 is 2.29 bits per heavy atom. The Bertz CT molecular complexity index is 1210. The van der Waals surface area contributed by atoms with Crippen molar-refractivity contribution in [1.29, 1.82) is 0 Å². The summed E-state index contributed by atoms with van der Waals surface area (Å²) in [6.45, 7) is 4.14. The summed E-state index contributed by atoms with van der Waals surface area (Å²) in [7, 11) is 1.67. The van der Waals surface area contributed by atoms with Gasteiger partial charge in [0.15, 0.2) is 6.10 Å². The lowest BCUT2D eigenvalue weighted by Crippen LogP contribution is -3.00. The smallest absolute Gasteiger partial charge is 0.415 e. The van der Waals surface area contributed by atoms with E-state index in [1.807, 2.05) is 12.1 Å². The van der Waals surface area contributed by atoms with E-state index < -0.39 is 11.9 Å². The number of hydrogen-bond acceptors (Lipinski definition) is 3. The van der Waals surface area contributed by atoms with Crippen LogP contribution in [0.4, 0.5) is 19.3 Å². The molecule has 0 unspecified atom stereocenters. The zero-order valence-corrected chi connectivity index (χ0v) is 22.2. The van der Waals surface area contributed by atoms with Gasteiger partial charge in [0.05, 0.1) is 39.0 Å². The van der Waals surface area contributed by atoms with E-state index in [2.05, 4.69) is 12.1 Å². The van der Waals surface area contributed by atoms with E-state index in [9.17, 15) is 13.6 Å². The van der Waals surface area contributed by atoms with Gasteiger partial charge in [-0.3, -0.25) is 4.90 Å². The highest BCUT2D eigenvalue weighted by atomic mass is 35.5. The third-order valence-corrected chi connectivity index (χ3v) is 7.92. The van der Waals surface area contributed by atoms with Gasteiger partial charge in [0.1, 0.15) is 23.9 Å². The number of quaternary nitrogens is 1. The number of hydrogen-bond donors (Lipinski definition) is 0. The first-order valence-corrected chi connectivity index (χ1v) is 12.9. The van der Waals surface area contributed by atoms with Crippen LogP contribution in [0, 0.1) is 17.6 Å². The lowest BCUT2D eigenvalue weighted by atomic mass is 9.83. The van der Waals surface area contributed by atoms with Crippen LogP contribution >= 0.6 is 0 Å². The molecule has 1 atom stereocenters. The maximum Gasteiger partial charge on any atom is 0.415 e. The highest BCUT2D eigenvalue weighted by Crippen LogP contribution is 2.36. The van der Waals surface area contributed by atoms with Crippen LogP contribution in [0.1, 0.15) is 24.0 Å². The SMILES string of the molecule is COc1ccc(CC[N+]23CCC(CC2)[C@@H](OC(=O)N(Cc2ccc(F)cc2)c2cccc(F)c2)C3)cc1.[Cl-]. The molecular weight excluding hydrogens is 510 g/mol. The molecule has 0 N–H and O–H groups in total. The average molecular weight is 543 g/mol. The first-order chi connectivity index (χ1) is 17.9. The van der Waals surface area contributed by atoms with Crippen molar-refractivity contribution in [2.75, 3.05) is 38.2 Å². The van der Waals surface area contributed by atoms with Gasteiger partial charge in [-0.1, -0.05) is 30.3 Å². The lowest BCUT2D eigenvalue weighted by Gasteiger charge is -2.52. The first-order valence-electron chi connectivity index (χ1n) is 12.9. The van der Waals surface area contributed by atoms with Gasteiger partial charge in [0.2, 0.25) is 0 Å². The third kappa shape index (κ3) is 6.45. The van der Waals surface area contributed by atoms with Gasteiger partial charge in [-0.15, -0.1) is 0 Å². The predicted octanol–water partition coefficient (Wildman–Crippen LogP) is 2.97. The highest BCUT2D eigenvalue weighted by molar-refractivity contribution is 5.87. The van der Waals surface area contributed by atoms with Crippen molar-refractivity contribution in [2.45, 2.75) is 31.9 Å². The summed E-state index contributed by atoms with van der Waals surface area (Å²) in [4.78, 5) is 14.9. The lowest BCUT2D eigenvalue weighted by molar-refractivity contribution is -0.945. The van der Waals surface area contributed by atoms with Crippen molar-refractivity contribution >= 4 is 11.8 Å². The highest BCUT2D eigenvalue weighted by Gasteiger charge is 2.47. The molecule has 0 aromatic heterocycles. The molecule has 0 spiro atoms. The van der Waals surface area contributed by atoms with Crippen molar-refractivity contribution in [3.63, 3.8) is 0 Å². The summed E-state index contributed by atoms with van der Waals surface area (Å²) in [6.07, 6.45) is 2.32. The van der Waals surface area contributed by atoms with Crippen LogP contribution in [0.3, 0.4) is 0 Å². The van der Waals surface area contributed by atoms with Crippen molar-refractivity contribution in [3.05, 3.63) is 95.6 Å². The number of amides is 1. The largest absolute Gasteiger partial charge is 1.00 e. The second-order valence-electron chi connectivity index (χ2n) is 10.2. The molecule has 0 radical (unpaired) electrons. The van der Waals surface area contributed by atoms with Crippen LogP contribution in [0.25, 0.3) is 0 Å². The minimum atomic E-state index is -0.498. The molecule has 0 aliphatic carbocycles. The zero-order valence-electron chi connectivity index (χ0n) is 21.5. The minimum absolute atomic E-state index is 0. The monoisotopic (exact) mass is 542 g/mol. The van der Waals surface area contributed by atoms with Crippen LogP contribution < -0.4 is 22.0 Å². The molecule has 5 nitrogen and oxygen atoms in total. The van der Waals surface area contributed by atoms with E-state index in [1.54, 1.807) is 31.4 Å².